The lowest BCUT2D eigenvalue weighted by molar-refractivity contribution is 0.416. The largest absolute Gasteiger partial charge is 0.308 e. The third kappa shape index (κ3) is 2.69. The minimum absolute atomic E-state index is 0.0239. The molecule has 0 saturated carbocycles. The first kappa shape index (κ1) is 13.8. The summed E-state index contributed by atoms with van der Waals surface area (Å²) >= 11 is 0. The molecule has 0 spiro atoms. The minimum Gasteiger partial charge on any atom is -0.308 e. The van der Waals surface area contributed by atoms with Crippen LogP contribution in [0.4, 0.5) is 0 Å². The maximum absolute atomic E-state index is 4.29. The molecule has 0 atom stereocenters. The van der Waals surface area contributed by atoms with Gasteiger partial charge in [0.1, 0.15) is 5.65 Å². The minimum atomic E-state index is -0.0239. The second kappa shape index (κ2) is 5.34. The van der Waals surface area contributed by atoms with E-state index in [9.17, 15) is 0 Å². The lowest BCUT2D eigenvalue weighted by atomic mass is 9.91. The van der Waals surface area contributed by atoms with E-state index in [2.05, 4.69) is 78.1 Å². The second-order valence-corrected chi connectivity index (χ2v) is 5.85. The summed E-state index contributed by atoms with van der Waals surface area (Å²) in [7, 11) is 0. The zero-order chi connectivity index (χ0) is 14.9. The van der Waals surface area contributed by atoms with E-state index in [1.54, 1.807) is 0 Å². The Morgan fingerprint density at radius 2 is 2.00 bits per heavy atom. The number of nitrogens with zero attached hydrogens (tertiary/aromatic N) is 2. The van der Waals surface area contributed by atoms with Crippen LogP contribution in [-0.4, -0.2) is 15.9 Å². The van der Waals surface area contributed by atoms with Gasteiger partial charge in [0.15, 0.2) is 0 Å². The topological polar surface area (TPSA) is 29.3 Å². The fourth-order valence-electron chi connectivity index (χ4n) is 2.72. The molecule has 0 fully saturated rings. The summed E-state index contributed by atoms with van der Waals surface area (Å²) in [6, 6.07) is 12.9. The van der Waals surface area contributed by atoms with Crippen molar-refractivity contribution in [2.24, 2.45) is 0 Å². The average Bonchev–Trinajstić information content (AvgIpc) is 2.94. The van der Waals surface area contributed by atoms with E-state index in [-0.39, 0.29) is 5.54 Å². The van der Waals surface area contributed by atoms with Gasteiger partial charge >= 0.3 is 0 Å². The Bertz CT molecular complexity index is 756. The molecule has 0 aliphatic rings. The molecule has 0 aliphatic heterocycles. The van der Waals surface area contributed by atoms with Gasteiger partial charge in [0.05, 0.1) is 0 Å². The number of nitrogens with one attached hydrogen (secondary N) is 1. The highest BCUT2D eigenvalue weighted by Crippen LogP contribution is 2.26. The average molecular weight is 279 g/mol. The quantitative estimate of drug-likeness (QED) is 0.786. The van der Waals surface area contributed by atoms with Gasteiger partial charge in [-0.15, -0.1) is 0 Å². The van der Waals surface area contributed by atoms with Crippen LogP contribution in [-0.2, 0) is 5.54 Å². The number of benzene rings is 1. The van der Waals surface area contributed by atoms with Crippen LogP contribution in [0.5, 0.6) is 0 Å². The van der Waals surface area contributed by atoms with Crippen molar-refractivity contribution in [1.82, 2.24) is 14.7 Å². The number of hydrogen-bond donors (Lipinski definition) is 1. The molecule has 21 heavy (non-hydrogen) atoms. The molecule has 2 aromatic heterocycles. The number of hydrogen-bond acceptors (Lipinski definition) is 2. The molecule has 3 aromatic rings. The molecule has 2 heterocycles. The first-order chi connectivity index (χ1) is 10.1. The van der Waals surface area contributed by atoms with Crippen LogP contribution in [0.15, 0.2) is 55.0 Å². The molecule has 0 amide bonds. The fourth-order valence-corrected chi connectivity index (χ4v) is 2.72. The van der Waals surface area contributed by atoms with E-state index in [1.807, 2.05) is 12.4 Å². The van der Waals surface area contributed by atoms with E-state index < -0.39 is 0 Å². The van der Waals surface area contributed by atoms with Gasteiger partial charge in [-0.3, -0.25) is 0 Å². The Morgan fingerprint density at radius 1 is 1.14 bits per heavy atom. The lowest BCUT2D eigenvalue weighted by Gasteiger charge is -2.27. The Kier molecular flexibility index (Phi) is 3.52. The van der Waals surface area contributed by atoms with Crippen molar-refractivity contribution < 1.29 is 0 Å². The molecule has 0 bridgehead atoms. The first-order valence-corrected chi connectivity index (χ1v) is 7.39. The monoisotopic (exact) mass is 279 g/mol. The van der Waals surface area contributed by atoms with Crippen LogP contribution in [0.25, 0.3) is 16.8 Å². The number of pyridine rings is 1. The van der Waals surface area contributed by atoms with Crippen molar-refractivity contribution in [2.45, 2.75) is 26.3 Å². The van der Waals surface area contributed by atoms with E-state index in [1.165, 1.54) is 16.7 Å². The summed E-state index contributed by atoms with van der Waals surface area (Å²) in [5.74, 6) is 0. The van der Waals surface area contributed by atoms with Crippen molar-refractivity contribution in [3.8, 4) is 11.1 Å². The molecular weight excluding hydrogens is 258 g/mol. The van der Waals surface area contributed by atoms with E-state index in [0.717, 1.165) is 12.2 Å². The summed E-state index contributed by atoms with van der Waals surface area (Å²) < 4.78 is 2.05. The summed E-state index contributed by atoms with van der Waals surface area (Å²) in [6.07, 6.45) is 5.93. The summed E-state index contributed by atoms with van der Waals surface area (Å²) in [5, 5.41) is 3.53. The van der Waals surface area contributed by atoms with Gasteiger partial charge in [0.2, 0.25) is 0 Å². The van der Waals surface area contributed by atoms with Gasteiger partial charge in [-0.2, -0.15) is 0 Å². The van der Waals surface area contributed by atoms with Crippen molar-refractivity contribution in [1.29, 1.82) is 0 Å². The maximum Gasteiger partial charge on any atom is 0.136 e. The SMILES string of the molecule is CCNC(C)(C)c1cccc(-c2ccc3nccn3c2)c1. The number of rotatable bonds is 4. The van der Waals surface area contributed by atoms with Crippen LogP contribution < -0.4 is 5.32 Å². The summed E-state index contributed by atoms with van der Waals surface area (Å²) in [4.78, 5) is 4.29. The number of fused-ring (bicyclic) bond motifs is 1. The Balaban J connectivity index is 2.02. The second-order valence-electron chi connectivity index (χ2n) is 5.85. The summed E-state index contributed by atoms with van der Waals surface area (Å²) in [6.45, 7) is 7.53. The van der Waals surface area contributed by atoms with E-state index in [4.69, 9.17) is 0 Å². The van der Waals surface area contributed by atoms with Gasteiger partial charge in [-0.05, 0) is 55.3 Å². The molecular formula is C18H21N3. The highest BCUT2D eigenvalue weighted by molar-refractivity contribution is 5.65. The van der Waals surface area contributed by atoms with Crippen molar-refractivity contribution >= 4 is 5.65 Å². The van der Waals surface area contributed by atoms with Crippen LogP contribution in [0.2, 0.25) is 0 Å². The van der Waals surface area contributed by atoms with Gasteiger partial charge in [0, 0.05) is 24.1 Å². The van der Waals surface area contributed by atoms with Gasteiger partial charge in [-0.1, -0.05) is 25.1 Å². The van der Waals surface area contributed by atoms with Crippen LogP contribution in [0.3, 0.4) is 0 Å². The number of aromatic nitrogens is 2. The standard InChI is InChI=1S/C18H21N3/c1-4-20-18(2,3)16-7-5-6-14(12-16)15-8-9-17-19-10-11-21(17)13-15/h5-13,20H,4H2,1-3H3. The molecule has 3 rings (SSSR count). The van der Waals surface area contributed by atoms with E-state index in [0.29, 0.717) is 0 Å². The number of imidazole rings is 1. The molecule has 3 nitrogen and oxygen atoms in total. The molecule has 0 unspecified atom stereocenters. The third-order valence-electron chi connectivity index (χ3n) is 3.93. The molecule has 3 heteroatoms. The predicted molar refractivity (Wildman–Crippen MR) is 87.3 cm³/mol. The molecule has 0 saturated heterocycles. The van der Waals surface area contributed by atoms with Crippen molar-refractivity contribution in [2.75, 3.05) is 6.54 Å². The fraction of sp³-hybridized carbons (Fsp3) is 0.278. The van der Waals surface area contributed by atoms with Crippen LogP contribution in [0, 0.1) is 0 Å². The van der Waals surface area contributed by atoms with Gasteiger partial charge in [-0.25, -0.2) is 4.98 Å². The first-order valence-electron chi connectivity index (χ1n) is 7.39. The Labute approximate surface area is 125 Å². The zero-order valence-corrected chi connectivity index (χ0v) is 12.8. The van der Waals surface area contributed by atoms with Crippen LogP contribution in [0.1, 0.15) is 26.3 Å². The highest BCUT2D eigenvalue weighted by Gasteiger charge is 2.19. The maximum atomic E-state index is 4.29. The zero-order valence-electron chi connectivity index (χ0n) is 12.8. The molecule has 1 aromatic carbocycles. The normalized spacial score (nSPS) is 12.0. The van der Waals surface area contributed by atoms with E-state index >= 15 is 0 Å². The smallest absolute Gasteiger partial charge is 0.136 e. The van der Waals surface area contributed by atoms with Crippen LogP contribution >= 0.6 is 0 Å². The van der Waals surface area contributed by atoms with Crippen molar-refractivity contribution in [3.63, 3.8) is 0 Å². The molecule has 0 aliphatic carbocycles. The highest BCUT2D eigenvalue weighted by atomic mass is 15.0. The Hall–Kier alpha value is -2.13. The predicted octanol–water partition coefficient (Wildman–Crippen LogP) is 3.85. The lowest BCUT2D eigenvalue weighted by Crippen LogP contribution is -2.36. The third-order valence-corrected chi connectivity index (χ3v) is 3.93. The van der Waals surface area contributed by atoms with Crippen molar-refractivity contribution in [3.05, 3.63) is 60.6 Å². The van der Waals surface area contributed by atoms with Gasteiger partial charge < -0.3 is 9.72 Å². The molecule has 108 valence electrons. The Morgan fingerprint density at radius 3 is 2.81 bits per heavy atom. The van der Waals surface area contributed by atoms with Gasteiger partial charge in [0.25, 0.3) is 0 Å². The molecule has 0 radical (unpaired) electrons. The summed E-state index contributed by atoms with van der Waals surface area (Å²) in [5.41, 5.74) is 4.68. The molecule has 1 N–H and O–H groups in total.